The van der Waals surface area contributed by atoms with Crippen LogP contribution >= 0.6 is 0 Å². The Morgan fingerprint density at radius 1 is 0.773 bits per heavy atom. The van der Waals surface area contributed by atoms with Crippen LogP contribution in [0.4, 0.5) is 14.5 Å². The molecule has 1 atom stereocenters. The quantitative estimate of drug-likeness (QED) is 0.183. The summed E-state index contributed by atoms with van der Waals surface area (Å²) >= 11 is 0. The van der Waals surface area contributed by atoms with Crippen molar-refractivity contribution in [1.29, 1.82) is 0 Å². The number of para-hydroxylation sites is 1. The van der Waals surface area contributed by atoms with Gasteiger partial charge in [0, 0.05) is 19.5 Å². The van der Waals surface area contributed by atoms with Crippen LogP contribution in [0.5, 0.6) is 0 Å². The van der Waals surface area contributed by atoms with Crippen molar-refractivity contribution in [3.8, 4) is 0 Å². The van der Waals surface area contributed by atoms with E-state index in [2.05, 4.69) is 5.32 Å². The first kappa shape index (κ1) is 32.3. The molecule has 0 aliphatic rings. The van der Waals surface area contributed by atoms with Gasteiger partial charge in [0.2, 0.25) is 11.8 Å². The number of hydrogen-bond donors (Lipinski definition) is 1. The second-order valence-corrected chi connectivity index (χ2v) is 12.2. The highest BCUT2D eigenvalue weighted by Gasteiger charge is 2.34. The zero-order valence-corrected chi connectivity index (χ0v) is 25.2. The van der Waals surface area contributed by atoms with Crippen LogP contribution in [0, 0.1) is 11.6 Å². The largest absolute Gasteiger partial charge is 0.354 e. The fourth-order valence-corrected chi connectivity index (χ4v) is 6.12. The number of amides is 2. The van der Waals surface area contributed by atoms with Crippen LogP contribution in [0.25, 0.3) is 0 Å². The minimum Gasteiger partial charge on any atom is -0.354 e. The van der Waals surface area contributed by atoms with Gasteiger partial charge >= 0.3 is 0 Å². The molecule has 0 unspecified atom stereocenters. The maximum atomic E-state index is 14.3. The smallest absolute Gasteiger partial charge is 0.264 e. The molecular formula is C34H35F2N3O4S. The van der Waals surface area contributed by atoms with Crippen molar-refractivity contribution in [2.45, 2.75) is 43.7 Å². The summed E-state index contributed by atoms with van der Waals surface area (Å²) in [7, 11) is -4.33. The summed E-state index contributed by atoms with van der Waals surface area (Å²) in [6.45, 7) is 1.70. The molecule has 0 saturated heterocycles. The highest BCUT2D eigenvalue weighted by molar-refractivity contribution is 7.92. The summed E-state index contributed by atoms with van der Waals surface area (Å²) in [5.41, 5.74) is 1.59. The summed E-state index contributed by atoms with van der Waals surface area (Å²) in [4.78, 5) is 29.1. The fourth-order valence-electron chi connectivity index (χ4n) is 4.70. The summed E-state index contributed by atoms with van der Waals surface area (Å²) in [5.74, 6) is -2.08. The summed E-state index contributed by atoms with van der Waals surface area (Å²) in [6.07, 6.45) is 1.77. The van der Waals surface area contributed by atoms with Crippen molar-refractivity contribution in [2.75, 3.05) is 17.4 Å². The lowest BCUT2D eigenvalue weighted by molar-refractivity contribution is -0.140. The molecule has 4 aromatic rings. The van der Waals surface area contributed by atoms with Gasteiger partial charge in [-0.3, -0.25) is 13.9 Å². The number of hydrogen-bond acceptors (Lipinski definition) is 4. The Labute approximate surface area is 257 Å². The Hall–Kier alpha value is -4.57. The molecule has 0 aromatic heterocycles. The highest BCUT2D eigenvalue weighted by atomic mass is 32.2. The van der Waals surface area contributed by atoms with Crippen molar-refractivity contribution in [2.24, 2.45) is 0 Å². The lowest BCUT2D eigenvalue weighted by Crippen LogP contribution is -2.53. The predicted molar refractivity (Wildman–Crippen MR) is 166 cm³/mol. The molecule has 0 bridgehead atoms. The topological polar surface area (TPSA) is 86.8 Å². The van der Waals surface area contributed by atoms with E-state index >= 15 is 0 Å². The summed E-state index contributed by atoms with van der Waals surface area (Å²) in [5, 5.41) is 2.92. The van der Waals surface area contributed by atoms with Crippen LogP contribution in [-0.4, -0.2) is 44.3 Å². The van der Waals surface area contributed by atoms with Gasteiger partial charge in [0.05, 0.1) is 10.6 Å². The van der Waals surface area contributed by atoms with Gasteiger partial charge in [-0.1, -0.05) is 74.0 Å². The molecule has 4 rings (SSSR count). The normalized spacial score (nSPS) is 11.9. The van der Waals surface area contributed by atoms with Crippen molar-refractivity contribution < 1.29 is 26.8 Å². The first-order valence-electron chi connectivity index (χ1n) is 14.4. The third kappa shape index (κ3) is 8.50. The van der Waals surface area contributed by atoms with E-state index in [1.165, 1.54) is 29.2 Å². The number of carbonyl (C=O) groups excluding carboxylic acids is 2. The summed E-state index contributed by atoms with van der Waals surface area (Å²) in [6, 6.07) is 26.2. The van der Waals surface area contributed by atoms with Gasteiger partial charge in [0.1, 0.15) is 24.2 Å². The van der Waals surface area contributed by atoms with Crippen molar-refractivity contribution in [3.63, 3.8) is 0 Å². The maximum Gasteiger partial charge on any atom is 0.264 e. The number of nitrogens with zero attached hydrogens (tertiary/aromatic N) is 2. The molecule has 44 heavy (non-hydrogen) atoms. The van der Waals surface area contributed by atoms with E-state index in [0.29, 0.717) is 12.1 Å². The molecule has 0 heterocycles. The first-order chi connectivity index (χ1) is 21.2. The van der Waals surface area contributed by atoms with Crippen LogP contribution in [0.1, 0.15) is 30.9 Å². The second-order valence-electron chi connectivity index (χ2n) is 10.3. The first-order valence-corrected chi connectivity index (χ1v) is 15.8. The maximum absolute atomic E-state index is 14.3. The van der Waals surface area contributed by atoms with Crippen molar-refractivity contribution in [3.05, 3.63) is 132 Å². The van der Waals surface area contributed by atoms with Crippen molar-refractivity contribution >= 4 is 27.5 Å². The number of rotatable bonds is 14. The number of anilines is 1. The molecule has 0 aliphatic carbocycles. The average Bonchev–Trinajstić information content (AvgIpc) is 3.03. The van der Waals surface area contributed by atoms with Gasteiger partial charge in [-0.25, -0.2) is 17.2 Å². The third-order valence-electron chi connectivity index (χ3n) is 7.09. The Bertz CT molecular complexity index is 1620. The summed E-state index contributed by atoms with van der Waals surface area (Å²) < 4.78 is 56.1. The van der Waals surface area contributed by atoms with Gasteiger partial charge in [0.25, 0.3) is 10.0 Å². The molecule has 4 aromatic carbocycles. The molecule has 1 N–H and O–H groups in total. The Morgan fingerprint density at radius 2 is 1.34 bits per heavy atom. The zero-order chi connectivity index (χ0) is 31.5. The number of nitrogens with one attached hydrogen (secondary N) is 1. The molecule has 0 spiro atoms. The van der Waals surface area contributed by atoms with Crippen molar-refractivity contribution in [1.82, 2.24) is 10.2 Å². The molecule has 0 aliphatic heterocycles. The molecule has 0 radical (unpaired) electrons. The van der Waals surface area contributed by atoms with Gasteiger partial charge in [-0.2, -0.15) is 0 Å². The molecular weight excluding hydrogens is 584 g/mol. The minimum absolute atomic E-state index is 0.0724. The second kappa shape index (κ2) is 15.2. The molecule has 7 nitrogen and oxygen atoms in total. The highest BCUT2D eigenvalue weighted by Crippen LogP contribution is 2.25. The van der Waals surface area contributed by atoms with E-state index < -0.39 is 40.2 Å². The number of carbonyl (C=O) groups is 2. The SMILES string of the molecule is CCCCNC(=O)[C@H](Cc1ccccc1)N(Cc1ccc(F)cc1)C(=O)CN(c1ccccc1)S(=O)(=O)c1ccc(F)cc1. The van der Waals surface area contributed by atoms with Crippen LogP contribution in [0.3, 0.4) is 0 Å². The molecule has 0 fully saturated rings. The lowest BCUT2D eigenvalue weighted by Gasteiger charge is -2.34. The Kier molecular flexibility index (Phi) is 11.2. The molecule has 0 saturated carbocycles. The molecule has 2 amide bonds. The van der Waals surface area contributed by atoms with Crippen LogP contribution in [-0.2, 0) is 32.6 Å². The van der Waals surface area contributed by atoms with Crippen LogP contribution in [0.2, 0.25) is 0 Å². The zero-order valence-electron chi connectivity index (χ0n) is 24.4. The van der Waals surface area contributed by atoms with E-state index in [0.717, 1.165) is 47.0 Å². The van der Waals surface area contributed by atoms with Gasteiger partial charge < -0.3 is 10.2 Å². The van der Waals surface area contributed by atoms with Crippen LogP contribution in [0.15, 0.2) is 114 Å². The lowest BCUT2D eigenvalue weighted by atomic mass is 10.0. The fraction of sp³-hybridized carbons (Fsp3) is 0.235. The van der Waals surface area contributed by atoms with Crippen LogP contribution < -0.4 is 9.62 Å². The number of benzene rings is 4. The van der Waals surface area contributed by atoms with E-state index in [-0.39, 0.29) is 29.5 Å². The number of unbranched alkanes of at least 4 members (excludes halogenated alkanes) is 1. The molecule has 10 heteroatoms. The van der Waals surface area contributed by atoms with Gasteiger partial charge in [0.15, 0.2) is 0 Å². The minimum atomic E-state index is -4.33. The Morgan fingerprint density at radius 3 is 1.93 bits per heavy atom. The van der Waals surface area contributed by atoms with E-state index in [1.54, 1.807) is 30.3 Å². The van der Waals surface area contributed by atoms with Gasteiger partial charge in [-0.15, -0.1) is 0 Å². The Balaban J connectivity index is 1.76. The predicted octanol–water partition coefficient (Wildman–Crippen LogP) is 5.72. The van der Waals surface area contributed by atoms with E-state index in [4.69, 9.17) is 0 Å². The number of halogens is 2. The standard InChI is InChI=1S/C34H35F2N3O4S/c1-2-3-22-37-34(41)32(23-26-10-6-4-7-11-26)38(24-27-14-16-28(35)17-15-27)33(40)25-39(30-12-8-5-9-13-30)44(42,43)31-20-18-29(36)19-21-31/h4-21,32H,2-3,22-25H2,1H3,(H,37,41)/t32-/m0/s1. The molecule has 230 valence electrons. The van der Waals surface area contributed by atoms with E-state index in [1.807, 2.05) is 37.3 Å². The average molecular weight is 620 g/mol. The monoisotopic (exact) mass is 619 g/mol. The number of sulfonamides is 1. The van der Waals surface area contributed by atoms with E-state index in [9.17, 15) is 26.8 Å². The van der Waals surface area contributed by atoms with Gasteiger partial charge in [-0.05, 0) is 66.1 Å². The third-order valence-corrected chi connectivity index (χ3v) is 8.88.